The lowest BCUT2D eigenvalue weighted by atomic mass is 10.0. The second kappa shape index (κ2) is 4.60. The van der Waals surface area contributed by atoms with Gasteiger partial charge < -0.3 is 9.84 Å². The minimum Gasteiger partial charge on any atom is -0.396 e. The Morgan fingerprint density at radius 1 is 1.50 bits per heavy atom. The third-order valence-corrected chi connectivity index (χ3v) is 2.82. The summed E-state index contributed by atoms with van der Waals surface area (Å²) in [5, 5.41) is 8.85. The third-order valence-electron chi connectivity index (χ3n) is 2.82. The van der Waals surface area contributed by atoms with E-state index < -0.39 is 0 Å². The van der Waals surface area contributed by atoms with Crippen LogP contribution in [0.25, 0.3) is 0 Å². The molecule has 1 N–H and O–H groups in total. The minimum atomic E-state index is 0.115. The van der Waals surface area contributed by atoms with Crippen molar-refractivity contribution in [2.75, 3.05) is 19.8 Å². The first kappa shape index (κ1) is 12.0. The van der Waals surface area contributed by atoms with Crippen molar-refractivity contribution < 1.29 is 9.84 Å². The van der Waals surface area contributed by atoms with Gasteiger partial charge in [0.05, 0.1) is 6.61 Å². The Balaban J connectivity index is 2.61. The fraction of sp³-hybridized carbons (Fsp3) is 1.00. The summed E-state index contributed by atoms with van der Waals surface area (Å²) in [6.45, 7) is 10.7. The van der Waals surface area contributed by atoms with Crippen LogP contribution >= 0.6 is 0 Å². The van der Waals surface area contributed by atoms with E-state index in [4.69, 9.17) is 9.84 Å². The number of hydrogen-bond acceptors (Lipinski definition) is 3. The van der Waals surface area contributed by atoms with E-state index in [-0.39, 0.29) is 18.4 Å². The molecule has 84 valence electrons. The summed E-state index contributed by atoms with van der Waals surface area (Å²) in [6.07, 6.45) is 1.05. The monoisotopic (exact) mass is 201 g/mol. The molecule has 0 aromatic carbocycles. The molecule has 1 aliphatic rings. The molecule has 1 fully saturated rings. The van der Waals surface area contributed by atoms with Gasteiger partial charge in [0.2, 0.25) is 0 Å². The molecule has 3 nitrogen and oxygen atoms in total. The second-order valence-electron chi connectivity index (χ2n) is 5.03. The molecule has 1 unspecified atom stereocenters. The largest absolute Gasteiger partial charge is 0.396 e. The van der Waals surface area contributed by atoms with E-state index in [9.17, 15) is 0 Å². The average molecular weight is 201 g/mol. The van der Waals surface area contributed by atoms with Crippen LogP contribution in [0.1, 0.15) is 34.1 Å². The van der Waals surface area contributed by atoms with E-state index in [1.54, 1.807) is 0 Å². The second-order valence-corrected chi connectivity index (χ2v) is 5.03. The van der Waals surface area contributed by atoms with Gasteiger partial charge in [0.25, 0.3) is 0 Å². The van der Waals surface area contributed by atoms with Crippen LogP contribution in [0, 0.1) is 5.92 Å². The van der Waals surface area contributed by atoms with Gasteiger partial charge in [0.1, 0.15) is 6.23 Å². The zero-order valence-electron chi connectivity index (χ0n) is 9.79. The lowest BCUT2D eigenvalue weighted by Crippen LogP contribution is -2.46. The Labute approximate surface area is 87.1 Å². The van der Waals surface area contributed by atoms with Crippen molar-refractivity contribution in [2.24, 2.45) is 5.92 Å². The lowest BCUT2D eigenvalue weighted by molar-refractivity contribution is -0.0123. The predicted molar refractivity (Wildman–Crippen MR) is 57.1 cm³/mol. The van der Waals surface area contributed by atoms with Gasteiger partial charge in [0.15, 0.2) is 0 Å². The molecule has 0 spiro atoms. The van der Waals surface area contributed by atoms with E-state index >= 15 is 0 Å². The van der Waals surface area contributed by atoms with Crippen LogP contribution in [0.5, 0.6) is 0 Å². The molecule has 0 aliphatic carbocycles. The molecule has 1 rings (SSSR count). The van der Waals surface area contributed by atoms with Crippen molar-refractivity contribution in [1.82, 2.24) is 4.90 Å². The summed E-state index contributed by atoms with van der Waals surface area (Å²) >= 11 is 0. The Morgan fingerprint density at radius 2 is 2.14 bits per heavy atom. The quantitative estimate of drug-likeness (QED) is 0.747. The summed E-state index contributed by atoms with van der Waals surface area (Å²) in [5.41, 5.74) is 0.115. The van der Waals surface area contributed by atoms with Crippen LogP contribution in [-0.4, -0.2) is 41.5 Å². The average Bonchev–Trinajstić information content (AvgIpc) is 2.38. The highest BCUT2D eigenvalue weighted by Gasteiger charge is 2.40. The fourth-order valence-electron chi connectivity index (χ4n) is 2.03. The Bertz CT molecular complexity index is 180. The predicted octanol–water partition coefficient (Wildman–Crippen LogP) is 1.46. The molecule has 14 heavy (non-hydrogen) atoms. The van der Waals surface area contributed by atoms with Gasteiger partial charge in [-0.15, -0.1) is 0 Å². The molecule has 1 saturated heterocycles. The Kier molecular flexibility index (Phi) is 3.93. The highest BCUT2D eigenvalue weighted by molar-refractivity contribution is 4.89. The zero-order chi connectivity index (χ0) is 10.8. The van der Waals surface area contributed by atoms with Gasteiger partial charge in [-0.05, 0) is 26.2 Å². The van der Waals surface area contributed by atoms with Crippen LogP contribution in [0.2, 0.25) is 0 Å². The van der Waals surface area contributed by atoms with Gasteiger partial charge in [0, 0.05) is 18.7 Å². The molecule has 1 aliphatic heterocycles. The normalized spacial score (nSPS) is 27.4. The Hall–Kier alpha value is -0.120. The number of rotatable bonds is 4. The SMILES string of the molecule is CC(C)C1OCC(C)(C)N1CCCO. The maximum Gasteiger partial charge on any atom is 0.113 e. The van der Waals surface area contributed by atoms with Crippen molar-refractivity contribution in [3.63, 3.8) is 0 Å². The van der Waals surface area contributed by atoms with E-state index in [2.05, 4.69) is 32.6 Å². The molecule has 0 amide bonds. The maximum absolute atomic E-state index is 8.85. The first-order valence-electron chi connectivity index (χ1n) is 5.48. The summed E-state index contributed by atoms with van der Waals surface area (Å²) < 4.78 is 5.78. The Morgan fingerprint density at radius 3 is 2.64 bits per heavy atom. The van der Waals surface area contributed by atoms with Crippen molar-refractivity contribution in [1.29, 1.82) is 0 Å². The summed E-state index contributed by atoms with van der Waals surface area (Å²) in [6, 6.07) is 0. The molecular formula is C11H23NO2. The van der Waals surface area contributed by atoms with Gasteiger partial charge >= 0.3 is 0 Å². The number of hydrogen-bond donors (Lipinski definition) is 1. The van der Waals surface area contributed by atoms with Crippen molar-refractivity contribution in [3.8, 4) is 0 Å². The van der Waals surface area contributed by atoms with Crippen molar-refractivity contribution >= 4 is 0 Å². The summed E-state index contributed by atoms with van der Waals surface area (Å²) in [5.74, 6) is 0.510. The molecule has 3 heteroatoms. The van der Waals surface area contributed by atoms with Crippen LogP contribution in [0.4, 0.5) is 0 Å². The first-order chi connectivity index (χ1) is 6.49. The van der Waals surface area contributed by atoms with Gasteiger partial charge in [-0.3, -0.25) is 4.90 Å². The molecular weight excluding hydrogens is 178 g/mol. The molecule has 1 atom stereocenters. The van der Waals surface area contributed by atoms with Gasteiger partial charge in [-0.1, -0.05) is 13.8 Å². The maximum atomic E-state index is 8.85. The van der Waals surface area contributed by atoms with Crippen LogP contribution < -0.4 is 0 Å². The van der Waals surface area contributed by atoms with Crippen LogP contribution in [0.15, 0.2) is 0 Å². The zero-order valence-corrected chi connectivity index (χ0v) is 9.79. The summed E-state index contributed by atoms with van der Waals surface area (Å²) in [7, 11) is 0. The van der Waals surface area contributed by atoms with Crippen LogP contribution in [-0.2, 0) is 4.74 Å². The van der Waals surface area contributed by atoms with Gasteiger partial charge in [-0.2, -0.15) is 0 Å². The number of aliphatic hydroxyl groups is 1. The summed E-state index contributed by atoms with van der Waals surface area (Å²) in [4.78, 5) is 2.37. The molecule has 1 heterocycles. The molecule has 0 saturated carbocycles. The van der Waals surface area contributed by atoms with E-state index in [1.807, 2.05) is 0 Å². The van der Waals surface area contributed by atoms with E-state index in [0.717, 1.165) is 19.6 Å². The smallest absolute Gasteiger partial charge is 0.113 e. The van der Waals surface area contributed by atoms with Crippen LogP contribution in [0.3, 0.4) is 0 Å². The molecule has 0 aromatic heterocycles. The van der Waals surface area contributed by atoms with Crippen molar-refractivity contribution in [3.05, 3.63) is 0 Å². The van der Waals surface area contributed by atoms with E-state index in [1.165, 1.54) is 0 Å². The standard InChI is InChI=1S/C11H23NO2/c1-9(2)10-12(6-5-7-13)11(3,4)8-14-10/h9-10,13H,5-8H2,1-4H3. The number of aliphatic hydroxyl groups excluding tert-OH is 1. The number of ether oxygens (including phenoxy) is 1. The topological polar surface area (TPSA) is 32.7 Å². The molecule has 0 radical (unpaired) electrons. The fourth-order valence-corrected chi connectivity index (χ4v) is 2.03. The van der Waals surface area contributed by atoms with Crippen molar-refractivity contribution in [2.45, 2.75) is 45.9 Å². The lowest BCUT2D eigenvalue weighted by Gasteiger charge is -2.34. The highest BCUT2D eigenvalue weighted by atomic mass is 16.5. The third kappa shape index (κ3) is 2.47. The van der Waals surface area contributed by atoms with Gasteiger partial charge in [-0.25, -0.2) is 0 Å². The minimum absolute atomic E-state index is 0.115. The first-order valence-corrected chi connectivity index (χ1v) is 5.48. The van der Waals surface area contributed by atoms with E-state index in [0.29, 0.717) is 5.92 Å². The molecule has 0 bridgehead atoms. The number of nitrogens with zero attached hydrogens (tertiary/aromatic N) is 1. The highest BCUT2D eigenvalue weighted by Crippen LogP contribution is 2.30. The molecule has 0 aromatic rings.